The third kappa shape index (κ3) is 3.87. The fourth-order valence-corrected chi connectivity index (χ4v) is 2.06. The van der Waals surface area contributed by atoms with Gasteiger partial charge in [-0.2, -0.15) is 13.2 Å². The van der Waals surface area contributed by atoms with E-state index < -0.39 is 11.9 Å². The van der Waals surface area contributed by atoms with E-state index in [0.717, 1.165) is 11.7 Å². The number of nitrogens with zero attached hydrogens (tertiary/aromatic N) is 3. The van der Waals surface area contributed by atoms with Gasteiger partial charge in [-0.15, -0.1) is 0 Å². The van der Waals surface area contributed by atoms with Crippen molar-refractivity contribution in [2.24, 2.45) is 0 Å². The molecule has 3 rings (SSSR count). The van der Waals surface area contributed by atoms with Crippen LogP contribution in [0.25, 0.3) is 10.9 Å². The van der Waals surface area contributed by atoms with Crippen LogP contribution in [0.2, 0.25) is 0 Å². The van der Waals surface area contributed by atoms with E-state index in [0.29, 0.717) is 6.67 Å². The Morgan fingerprint density at radius 2 is 1.71 bits per heavy atom. The molecule has 0 N–H and O–H groups in total. The Kier molecular flexibility index (Phi) is 4.35. The number of pyridine rings is 1. The number of halogens is 3. The minimum absolute atomic E-state index is 0.300. The number of fused-ring (bicyclic) bond motifs is 1. The maximum absolute atomic E-state index is 12.0. The van der Waals surface area contributed by atoms with E-state index in [1.807, 2.05) is 30.5 Å². The van der Waals surface area contributed by atoms with Gasteiger partial charge >= 0.3 is 6.18 Å². The van der Waals surface area contributed by atoms with Crippen LogP contribution in [-0.4, -0.2) is 41.7 Å². The first-order valence-corrected chi connectivity index (χ1v) is 6.38. The topological polar surface area (TPSA) is 19.4 Å². The quantitative estimate of drug-likeness (QED) is 0.742. The third-order valence-electron chi connectivity index (χ3n) is 2.99. The molecule has 0 radical (unpaired) electrons. The summed E-state index contributed by atoms with van der Waals surface area (Å²) in [5, 5.41) is 1.20. The van der Waals surface area contributed by atoms with Crippen molar-refractivity contribution in [3.63, 3.8) is 0 Å². The highest BCUT2D eigenvalue weighted by Crippen LogP contribution is 2.30. The fraction of sp³-hybridized carbons (Fsp3) is 0.267. The monoisotopic (exact) mass is 295 g/mol. The number of allylic oxidation sites excluding steroid dienone is 1. The normalized spacial score (nSPS) is 14.8. The average molecular weight is 295 g/mol. The molecule has 0 aliphatic carbocycles. The number of hydrogen-bond donors (Lipinski definition) is 0. The second kappa shape index (κ2) is 6.03. The summed E-state index contributed by atoms with van der Waals surface area (Å²) in [5.74, 6) is 0. The number of aromatic nitrogens is 1. The first kappa shape index (κ1) is 15.2. The van der Waals surface area contributed by atoms with Gasteiger partial charge in [0.15, 0.2) is 0 Å². The molecule has 0 unspecified atom stereocenters. The van der Waals surface area contributed by atoms with Gasteiger partial charge in [0.1, 0.15) is 5.70 Å². The molecule has 6 heteroatoms. The van der Waals surface area contributed by atoms with Gasteiger partial charge in [-0.1, -0.05) is 24.3 Å². The molecule has 21 heavy (non-hydrogen) atoms. The molecule has 1 aromatic carbocycles. The highest BCUT2D eigenvalue weighted by molar-refractivity contribution is 5.77. The summed E-state index contributed by atoms with van der Waals surface area (Å²) in [5.41, 5.74) is 0.477. The lowest BCUT2D eigenvalue weighted by Gasteiger charge is -2.17. The molecule has 0 amide bonds. The summed E-state index contributed by atoms with van der Waals surface area (Å²) >= 11 is 0. The zero-order valence-electron chi connectivity index (χ0n) is 11.8. The lowest BCUT2D eigenvalue weighted by Crippen LogP contribution is -2.26. The Hall–Kier alpha value is -2.24. The van der Waals surface area contributed by atoms with E-state index in [9.17, 15) is 13.2 Å². The first-order chi connectivity index (χ1) is 9.88. The van der Waals surface area contributed by atoms with E-state index in [1.54, 1.807) is 7.05 Å². The Balaban J connectivity index is 0.000000154. The summed E-state index contributed by atoms with van der Waals surface area (Å²) in [6.45, 7) is 0.300. The van der Waals surface area contributed by atoms with Gasteiger partial charge in [0, 0.05) is 31.9 Å². The lowest BCUT2D eigenvalue weighted by molar-refractivity contribution is -0.107. The summed E-state index contributed by atoms with van der Waals surface area (Å²) < 4.78 is 36.1. The van der Waals surface area contributed by atoms with Crippen molar-refractivity contribution < 1.29 is 13.2 Å². The van der Waals surface area contributed by atoms with Gasteiger partial charge in [0.05, 0.1) is 12.2 Å². The predicted molar refractivity (Wildman–Crippen MR) is 76.3 cm³/mol. The molecule has 1 aromatic heterocycles. The second-order valence-electron chi connectivity index (χ2n) is 4.80. The Morgan fingerprint density at radius 1 is 1.05 bits per heavy atom. The van der Waals surface area contributed by atoms with Crippen LogP contribution in [0.1, 0.15) is 0 Å². The summed E-state index contributed by atoms with van der Waals surface area (Å²) in [6, 6.07) is 12.1. The molecule has 0 saturated heterocycles. The van der Waals surface area contributed by atoms with Crippen LogP contribution in [0.3, 0.4) is 0 Å². The number of alkyl halides is 3. The van der Waals surface area contributed by atoms with Crippen LogP contribution in [0.4, 0.5) is 13.2 Å². The predicted octanol–water partition coefficient (Wildman–Crippen LogP) is 3.46. The Bertz CT molecular complexity index is 572. The van der Waals surface area contributed by atoms with Crippen molar-refractivity contribution in [3.05, 3.63) is 54.5 Å². The first-order valence-electron chi connectivity index (χ1n) is 6.38. The minimum Gasteiger partial charge on any atom is -0.361 e. The minimum atomic E-state index is -4.22. The highest BCUT2D eigenvalue weighted by Gasteiger charge is 2.39. The van der Waals surface area contributed by atoms with Gasteiger partial charge in [0.25, 0.3) is 0 Å². The largest absolute Gasteiger partial charge is 0.432 e. The molecule has 0 spiro atoms. The summed E-state index contributed by atoms with van der Waals surface area (Å²) in [6.07, 6.45) is -1.32. The Morgan fingerprint density at radius 3 is 2.24 bits per heavy atom. The van der Waals surface area contributed by atoms with Gasteiger partial charge in [0.2, 0.25) is 0 Å². The molecule has 1 aliphatic heterocycles. The van der Waals surface area contributed by atoms with E-state index in [2.05, 4.69) is 17.1 Å². The highest BCUT2D eigenvalue weighted by atomic mass is 19.4. The molecular weight excluding hydrogens is 279 g/mol. The zero-order chi connectivity index (χ0) is 15.5. The molecule has 3 nitrogen and oxygen atoms in total. The molecule has 2 heterocycles. The number of rotatable bonds is 0. The van der Waals surface area contributed by atoms with Crippen molar-refractivity contribution in [1.29, 1.82) is 0 Å². The molecule has 1 aliphatic rings. The van der Waals surface area contributed by atoms with Gasteiger partial charge in [-0.3, -0.25) is 4.98 Å². The summed E-state index contributed by atoms with van der Waals surface area (Å²) in [4.78, 5) is 6.84. The fourth-order valence-electron chi connectivity index (χ4n) is 2.06. The SMILES string of the molecule is CN1C=C(C(F)(F)F)N(C)C1.c1ccc2ncccc2c1. The summed E-state index contributed by atoms with van der Waals surface area (Å²) in [7, 11) is 3.03. The van der Waals surface area contributed by atoms with Gasteiger partial charge < -0.3 is 9.80 Å². The van der Waals surface area contributed by atoms with E-state index in [1.165, 1.54) is 22.2 Å². The van der Waals surface area contributed by atoms with Crippen LogP contribution in [0.5, 0.6) is 0 Å². The van der Waals surface area contributed by atoms with Crippen molar-refractivity contribution in [2.45, 2.75) is 6.18 Å². The number of benzene rings is 1. The van der Waals surface area contributed by atoms with E-state index in [4.69, 9.17) is 0 Å². The smallest absolute Gasteiger partial charge is 0.361 e. The Labute approximate surface area is 121 Å². The molecule has 0 bridgehead atoms. The van der Waals surface area contributed by atoms with E-state index in [-0.39, 0.29) is 0 Å². The maximum atomic E-state index is 12.0. The van der Waals surface area contributed by atoms with Crippen molar-refractivity contribution in [1.82, 2.24) is 14.8 Å². The van der Waals surface area contributed by atoms with E-state index >= 15 is 0 Å². The van der Waals surface area contributed by atoms with Crippen molar-refractivity contribution in [3.8, 4) is 0 Å². The van der Waals surface area contributed by atoms with Crippen LogP contribution < -0.4 is 0 Å². The van der Waals surface area contributed by atoms with Crippen molar-refractivity contribution >= 4 is 10.9 Å². The molecule has 0 fully saturated rings. The van der Waals surface area contributed by atoms with Crippen LogP contribution in [0.15, 0.2) is 54.5 Å². The van der Waals surface area contributed by atoms with Gasteiger partial charge in [-0.05, 0) is 12.1 Å². The number of hydrogen-bond acceptors (Lipinski definition) is 3. The molecule has 0 saturated carbocycles. The standard InChI is InChI=1S/C9H7N.C6H9F3N2/c1-2-6-9-8(4-1)5-3-7-10-9;1-10-3-5(6(7,8)9)11(2)4-10/h1-7H;3H,4H2,1-2H3. The zero-order valence-corrected chi connectivity index (χ0v) is 11.8. The molecule has 2 aromatic rings. The molecule has 112 valence electrons. The van der Waals surface area contributed by atoms with Crippen molar-refractivity contribution in [2.75, 3.05) is 20.8 Å². The number of para-hydroxylation sites is 1. The van der Waals surface area contributed by atoms with Gasteiger partial charge in [-0.25, -0.2) is 0 Å². The molecule has 0 atom stereocenters. The second-order valence-corrected chi connectivity index (χ2v) is 4.80. The maximum Gasteiger partial charge on any atom is 0.432 e. The van der Waals surface area contributed by atoms with Crippen LogP contribution in [0, 0.1) is 0 Å². The van der Waals surface area contributed by atoms with Crippen LogP contribution >= 0.6 is 0 Å². The van der Waals surface area contributed by atoms with Crippen LogP contribution in [-0.2, 0) is 0 Å². The lowest BCUT2D eigenvalue weighted by atomic mass is 10.2. The third-order valence-corrected chi connectivity index (χ3v) is 2.99. The average Bonchev–Trinajstić information content (AvgIpc) is 2.79. The molecular formula is C15H16F3N3.